The molecule has 0 rings (SSSR count). The third-order valence-electron chi connectivity index (χ3n) is 11.9. The van der Waals surface area contributed by atoms with Gasteiger partial charge < -0.3 is 14.2 Å². The number of hydrogen-bond donors (Lipinski definition) is 0. The first-order valence-corrected chi connectivity index (χ1v) is 28.1. The van der Waals surface area contributed by atoms with Crippen molar-refractivity contribution in [1.82, 2.24) is 0 Å². The molecular weight excluding hydrogens is 813 g/mol. The van der Waals surface area contributed by atoms with Crippen molar-refractivity contribution in [2.24, 2.45) is 0 Å². The molecular formula is C61H106O5. The zero-order chi connectivity index (χ0) is 47.7. The highest BCUT2D eigenvalue weighted by Gasteiger charge is 2.17. The summed E-state index contributed by atoms with van der Waals surface area (Å²) in [6, 6.07) is 0. The normalized spacial score (nSPS) is 12.8. The van der Waals surface area contributed by atoms with Gasteiger partial charge >= 0.3 is 11.9 Å². The molecule has 66 heavy (non-hydrogen) atoms. The number of allylic oxidation sites excluding steroid dienone is 14. The lowest BCUT2D eigenvalue weighted by Crippen LogP contribution is -2.30. The van der Waals surface area contributed by atoms with Crippen molar-refractivity contribution >= 4 is 11.9 Å². The van der Waals surface area contributed by atoms with Crippen LogP contribution < -0.4 is 0 Å². The topological polar surface area (TPSA) is 61.8 Å². The number of hydrogen-bond acceptors (Lipinski definition) is 5. The van der Waals surface area contributed by atoms with E-state index in [9.17, 15) is 9.59 Å². The molecule has 5 nitrogen and oxygen atoms in total. The van der Waals surface area contributed by atoms with E-state index in [0.717, 1.165) is 103 Å². The van der Waals surface area contributed by atoms with Crippen molar-refractivity contribution < 1.29 is 23.8 Å². The molecule has 0 aromatic heterocycles. The molecule has 1 atom stereocenters. The lowest BCUT2D eigenvalue weighted by atomic mass is 10.1. The molecule has 0 spiro atoms. The summed E-state index contributed by atoms with van der Waals surface area (Å²) in [5, 5.41) is 0. The van der Waals surface area contributed by atoms with E-state index in [0.29, 0.717) is 19.4 Å². The van der Waals surface area contributed by atoms with E-state index in [1.807, 2.05) is 0 Å². The smallest absolute Gasteiger partial charge is 0.306 e. The Morgan fingerprint density at radius 2 is 0.682 bits per heavy atom. The van der Waals surface area contributed by atoms with Crippen LogP contribution in [0.15, 0.2) is 85.1 Å². The maximum atomic E-state index is 12.8. The second-order valence-corrected chi connectivity index (χ2v) is 18.4. The predicted octanol–water partition coefficient (Wildman–Crippen LogP) is 19.2. The van der Waals surface area contributed by atoms with Gasteiger partial charge in [0, 0.05) is 19.4 Å². The summed E-state index contributed by atoms with van der Waals surface area (Å²) in [5.74, 6) is -0.426. The van der Waals surface area contributed by atoms with E-state index in [1.165, 1.54) is 128 Å². The SMILES string of the molecule is CC/C=C\C/C=C\C/C=C\C/C=C\CCCCCOCC(COC(=O)CCCCCCCCCCC/C=C\C/C=C\CCCCC)OC(=O)CCCCCCC/C=C\CCCCCCCC. The number of unbranched alkanes of at least 4 members (excludes halogenated alkanes) is 26. The molecule has 0 saturated heterocycles. The van der Waals surface area contributed by atoms with Gasteiger partial charge in [-0.3, -0.25) is 9.59 Å². The standard InChI is InChI=1S/C61H106O5/c1-4-7-10-13-16-19-22-25-28-30-31-32-34-36-39-42-45-48-51-54-60(62)65-58-59(57-64-56-53-50-47-44-41-38-35-29-26-23-20-17-14-11-8-5-2)66-61(63)55-52-49-46-43-40-37-33-27-24-21-18-15-12-9-6-3/h8,11,16-17,19-20,25-29,33,38,41,59H,4-7,9-10,12-15,18,21-24,30-32,34-37,39-40,42-58H2,1-3H3/b11-8-,19-16-,20-17-,28-25-,29-26-,33-27-,41-38-. The molecule has 0 aromatic carbocycles. The van der Waals surface area contributed by atoms with Gasteiger partial charge in [0.25, 0.3) is 0 Å². The minimum Gasteiger partial charge on any atom is -0.462 e. The van der Waals surface area contributed by atoms with Gasteiger partial charge in [-0.15, -0.1) is 0 Å². The molecule has 0 aliphatic heterocycles. The summed E-state index contributed by atoms with van der Waals surface area (Å²) in [6.45, 7) is 7.62. The Hall–Kier alpha value is -2.92. The molecule has 0 aliphatic rings. The quantitative estimate of drug-likeness (QED) is 0.0346. The first-order valence-electron chi connectivity index (χ1n) is 28.1. The zero-order valence-electron chi connectivity index (χ0n) is 43.7. The maximum absolute atomic E-state index is 12.8. The van der Waals surface area contributed by atoms with Crippen LogP contribution in [0.2, 0.25) is 0 Å². The van der Waals surface area contributed by atoms with Gasteiger partial charge in [0.05, 0.1) is 6.61 Å². The van der Waals surface area contributed by atoms with Crippen molar-refractivity contribution in [1.29, 1.82) is 0 Å². The van der Waals surface area contributed by atoms with Gasteiger partial charge in [0.2, 0.25) is 0 Å². The molecule has 0 saturated carbocycles. The van der Waals surface area contributed by atoms with E-state index in [4.69, 9.17) is 14.2 Å². The predicted molar refractivity (Wildman–Crippen MR) is 288 cm³/mol. The highest BCUT2D eigenvalue weighted by Crippen LogP contribution is 2.14. The van der Waals surface area contributed by atoms with Crippen molar-refractivity contribution in [2.45, 2.75) is 271 Å². The molecule has 0 N–H and O–H groups in total. The summed E-state index contributed by atoms with van der Waals surface area (Å²) >= 11 is 0. The van der Waals surface area contributed by atoms with Crippen LogP contribution in [0.5, 0.6) is 0 Å². The van der Waals surface area contributed by atoms with E-state index in [-0.39, 0.29) is 25.2 Å². The summed E-state index contributed by atoms with van der Waals surface area (Å²) in [4.78, 5) is 25.5. The van der Waals surface area contributed by atoms with Gasteiger partial charge in [0.15, 0.2) is 6.10 Å². The average molecular weight is 920 g/mol. The molecule has 0 bridgehead atoms. The molecule has 0 radical (unpaired) electrons. The van der Waals surface area contributed by atoms with Gasteiger partial charge in [-0.2, -0.15) is 0 Å². The first-order chi connectivity index (χ1) is 32.6. The van der Waals surface area contributed by atoms with Crippen LogP contribution >= 0.6 is 0 Å². The third kappa shape index (κ3) is 53.7. The molecule has 5 heteroatoms. The van der Waals surface area contributed by atoms with Crippen LogP contribution in [0, 0.1) is 0 Å². The van der Waals surface area contributed by atoms with Crippen LogP contribution in [-0.4, -0.2) is 37.9 Å². The van der Waals surface area contributed by atoms with Crippen LogP contribution in [0.1, 0.15) is 265 Å². The number of rotatable bonds is 51. The van der Waals surface area contributed by atoms with Crippen LogP contribution in [0.4, 0.5) is 0 Å². The third-order valence-corrected chi connectivity index (χ3v) is 11.9. The van der Waals surface area contributed by atoms with Crippen LogP contribution in [0.25, 0.3) is 0 Å². The Bertz CT molecular complexity index is 1220. The van der Waals surface area contributed by atoms with Gasteiger partial charge in [0.1, 0.15) is 6.61 Å². The van der Waals surface area contributed by atoms with Crippen LogP contribution in [0.3, 0.4) is 0 Å². The van der Waals surface area contributed by atoms with Gasteiger partial charge in [-0.25, -0.2) is 0 Å². The molecule has 0 amide bonds. The average Bonchev–Trinajstić information content (AvgIpc) is 3.32. The van der Waals surface area contributed by atoms with E-state index >= 15 is 0 Å². The van der Waals surface area contributed by atoms with Gasteiger partial charge in [-0.05, 0) is 116 Å². The minimum atomic E-state index is -0.563. The van der Waals surface area contributed by atoms with E-state index < -0.39 is 6.10 Å². The molecule has 0 fully saturated rings. The summed E-state index contributed by atoms with van der Waals surface area (Å²) in [5.41, 5.74) is 0. The lowest BCUT2D eigenvalue weighted by Gasteiger charge is -2.18. The Kier molecular flexibility index (Phi) is 53.9. The first kappa shape index (κ1) is 63.1. The lowest BCUT2D eigenvalue weighted by molar-refractivity contribution is -0.163. The molecule has 0 aliphatic carbocycles. The molecule has 0 aromatic rings. The van der Waals surface area contributed by atoms with E-state index in [1.54, 1.807) is 0 Å². The van der Waals surface area contributed by atoms with Crippen molar-refractivity contribution in [3.8, 4) is 0 Å². The zero-order valence-corrected chi connectivity index (χ0v) is 43.7. The molecule has 1 unspecified atom stereocenters. The van der Waals surface area contributed by atoms with Crippen molar-refractivity contribution in [3.63, 3.8) is 0 Å². The molecule has 0 heterocycles. The highest BCUT2D eigenvalue weighted by molar-refractivity contribution is 5.70. The Morgan fingerprint density at radius 1 is 0.348 bits per heavy atom. The minimum absolute atomic E-state index is 0.0642. The second kappa shape index (κ2) is 56.4. The highest BCUT2D eigenvalue weighted by atomic mass is 16.6. The Morgan fingerprint density at radius 3 is 1.14 bits per heavy atom. The summed E-state index contributed by atoms with van der Waals surface area (Å²) in [7, 11) is 0. The van der Waals surface area contributed by atoms with E-state index in [2.05, 4.69) is 106 Å². The Labute approximate surface area is 409 Å². The fourth-order valence-corrected chi connectivity index (χ4v) is 7.70. The maximum Gasteiger partial charge on any atom is 0.306 e. The number of carbonyl (C=O) groups is 2. The number of esters is 2. The monoisotopic (exact) mass is 919 g/mol. The number of ether oxygens (including phenoxy) is 3. The van der Waals surface area contributed by atoms with Crippen molar-refractivity contribution in [3.05, 3.63) is 85.1 Å². The van der Waals surface area contributed by atoms with Crippen molar-refractivity contribution in [2.75, 3.05) is 19.8 Å². The summed E-state index contributed by atoms with van der Waals surface area (Å²) < 4.78 is 17.4. The second-order valence-electron chi connectivity index (χ2n) is 18.4. The fourth-order valence-electron chi connectivity index (χ4n) is 7.70. The fraction of sp³-hybridized carbons (Fsp3) is 0.738. The largest absolute Gasteiger partial charge is 0.462 e. The molecule has 380 valence electrons. The summed E-state index contributed by atoms with van der Waals surface area (Å²) in [6.07, 6.45) is 74.6. The van der Waals surface area contributed by atoms with Crippen LogP contribution in [-0.2, 0) is 23.8 Å². The number of carbonyl (C=O) groups excluding carboxylic acids is 2. The van der Waals surface area contributed by atoms with Gasteiger partial charge in [-0.1, -0.05) is 221 Å². The Balaban J connectivity index is 4.33.